The van der Waals surface area contributed by atoms with Crippen LogP contribution in [0.4, 0.5) is 10.1 Å². The molecule has 0 unspecified atom stereocenters. The second-order valence-electron chi connectivity index (χ2n) is 8.96. The van der Waals surface area contributed by atoms with Crippen LogP contribution in [0.5, 0.6) is 0 Å². The molecule has 4 heterocycles. The Balaban J connectivity index is 1.34. The number of anilines is 1. The van der Waals surface area contributed by atoms with Crippen molar-refractivity contribution in [2.45, 2.75) is 37.8 Å². The molecule has 1 aliphatic heterocycles. The summed E-state index contributed by atoms with van der Waals surface area (Å²) in [7, 11) is 0. The number of aromatic nitrogens is 5. The van der Waals surface area contributed by atoms with E-state index in [0.717, 1.165) is 64.4 Å². The lowest BCUT2D eigenvalue weighted by Gasteiger charge is -2.38. The maximum atomic E-state index is 13.4. The Bertz CT molecular complexity index is 1280. The quantitative estimate of drug-likeness (QED) is 0.407. The van der Waals surface area contributed by atoms with Gasteiger partial charge in [-0.15, -0.1) is 0 Å². The van der Waals surface area contributed by atoms with Crippen LogP contribution in [0, 0.1) is 5.41 Å². The Kier molecular flexibility index (Phi) is 7.32. The molecule has 1 saturated heterocycles. The number of ether oxygens (including phenoxy) is 1. The fraction of sp³-hybridized carbons (Fsp3) is 0.417. The van der Waals surface area contributed by atoms with Gasteiger partial charge in [0.15, 0.2) is 5.69 Å². The van der Waals surface area contributed by atoms with Crippen molar-refractivity contribution in [2.75, 3.05) is 31.6 Å². The van der Waals surface area contributed by atoms with Crippen LogP contribution in [0.25, 0.3) is 17.0 Å². The maximum absolute atomic E-state index is 13.4. The van der Waals surface area contributed by atoms with E-state index in [2.05, 4.69) is 25.2 Å². The average Bonchev–Trinajstić information content (AvgIpc) is 3.58. The number of amides is 1. The number of morpholine rings is 1. The van der Waals surface area contributed by atoms with Gasteiger partial charge < -0.3 is 20.2 Å². The van der Waals surface area contributed by atoms with Crippen molar-refractivity contribution in [1.82, 2.24) is 29.6 Å². The van der Waals surface area contributed by atoms with Crippen molar-refractivity contribution in [2.24, 2.45) is 5.73 Å². The number of carbonyl (C=O) groups excluding carboxylic acids is 1. The number of oxazole rings is 1. The fourth-order valence-corrected chi connectivity index (χ4v) is 4.84. The number of carbonyl (C=O) groups is 1. The largest absolute Gasteiger partial charge is 0.443 e. The van der Waals surface area contributed by atoms with E-state index in [0.29, 0.717) is 23.1 Å². The highest BCUT2D eigenvalue weighted by atomic mass is 19.1. The first-order chi connectivity index (χ1) is 18.0. The van der Waals surface area contributed by atoms with Gasteiger partial charge in [0.2, 0.25) is 11.9 Å². The van der Waals surface area contributed by atoms with Gasteiger partial charge in [-0.05, 0) is 25.7 Å². The Morgan fingerprint density at radius 3 is 2.62 bits per heavy atom. The molecule has 13 heteroatoms. The summed E-state index contributed by atoms with van der Waals surface area (Å²) in [6, 6.07) is 0.735. The summed E-state index contributed by atoms with van der Waals surface area (Å²) in [6.45, 7) is 3.53. The summed E-state index contributed by atoms with van der Waals surface area (Å²) in [5.41, 5.74) is 6.34. The van der Waals surface area contributed by atoms with E-state index in [1.54, 1.807) is 24.8 Å². The van der Waals surface area contributed by atoms with Crippen molar-refractivity contribution in [3.8, 4) is 11.4 Å². The lowest BCUT2D eigenvalue weighted by atomic mass is 9.90. The molecule has 3 aromatic heterocycles. The first-order valence-electron chi connectivity index (χ1n) is 12.1. The molecule has 12 nitrogen and oxygen atoms in total. The molecule has 0 atom stereocenters. The monoisotopic (exact) mass is 509 g/mol. The molecule has 2 aliphatic rings. The molecule has 5 rings (SSSR count). The summed E-state index contributed by atoms with van der Waals surface area (Å²) in [5, 5.41) is 14.7. The van der Waals surface area contributed by atoms with Crippen LogP contribution in [0.1, 0.15) is 48.1 Å². The smallest absolute Gasteiger partial charge is 0.277 e. The predicted molar refractivity (Wildman–Crippen MR) is 132 cm³/mol. The van der Waals surface area contributed by atoms with Crippen LogP contribution in [-0.2, 0) is 4.74 Å². The van der Waals surface area contributed by atoms with E-state index >= 15 is 0 Å². The highest BCUT2D eigenvalue weighted by Gasteiger charge is 2.29. The second-order valence-corrected chi connectivity index (χ2v) is 8.96. The number of halogens is 1. The van der Waals surface area contributed by atoms with E-state index in [4.69, 9.17) is 25.4 Å². The van der Waals surface area contributed by atoms with Crippen molar-refractivity contribution in [3.63, 3.8) is 0 Å². The SMILES string of the molecule is N=C(F)/C(=C\N)c1nc(C(=O)Nc2cn(C3CCC(N4CCOCC4)CC3)nc2-c2cnccn2)co1. The number of nitrogens with zero attached hydrogens (tertiary/aromatic N) is 6. The Morgan fingerprint density at radius 1 is 1.19 bits per heavy atom. The predicted octanol–water partition coefficient (Wildman–Crippen LogP) is 2.64. The molecule has 37 heavy (non-hydrogen) atoms. The van der Waals surface area contributed by atoms with Crippen LogP contribution in [0.2, 0.25) is 0 Å². The van der Waals surface area contributed by atoms with Crippen LogP contribution in [0.3, 0.4) is 0 Å². The summed E-state index contributed by atoms with van der Waals surface area (Å²) < 4.78 is 25.9. The second kappa shape index (κ2) is 11.0. The van der Waals surface area contributed by atoms with Gasteiger partial charge in [0.25, 0.3) is 5.91 Å². The molecule has 1 aliphatic carbocycles. The van der Waals surface area contributed by atoms with Gasteiger partial charge in [0.1, 0.15) is 23.2 Å². The highest BCUT2D eigenvalue weighted by molar-refractivity contribution is 6.16. The summed E-state index contributed by atoms with van der Waals surface area (Å²) in [4.78, 5) is 27.9. The molecule has 0 radical (unpaired) electrons. The number of hydrogen-bond donors (Lipinski definition) is 3. The average molecular weight is 510 g/mol. The van der Waals surface area contributed by atoms with Gasteiger partial charge in [0.05, 0.1) is 31.1 Å². The zero-order valence-electron chi connectivity index (χ0n) is 20.1. The highest BCUT2D eigenvalue weighted by Crippen LogP contribution is 2.34. The Morgan fingerprint density at radius 2 is 1.95 bits per heavy atom. The Hall–Kier alpha value is -3.97. The third-order valence-electron chi connectivity index (χ3n) is 6.76. The first kappa shape index (κ1) is 24.7. The molecule has 0 bridgehead atoms. The van der Waals surface area contributed by atoms with Gasteiger partial charge in [-0.1, -0.05) is 0 Å². The number of rotatable bonds is 7. The number of allylic oxidation sites excluding steroid dienone is 1. The van der Waals surface area contributed by atoms with E-state index in [1.807, 2.05) is 4.68 Å². The van der Waals surface area contributed by atoms with Gasteiger partial charge in [-0.25, -0.2) is 4.98 Å². The van der Waals surface area contributed by atoms with Gasteiger partial charge in [-0.3, -0.25) is 29.8 Å². The molecule has 3 aromatic rings. The van der Waals surface area contributed by atoms with Crippen LogP contribution in [0.15, 0.2) is 41.7 Å². The lowest BCUT2D eigenvalue weighted by Crippen LogP contribution is -2.45. The van der Waals surface area contributed by atoms with Crippen molar-refractivity contribution in [3.05, 3.63) is 48.8 Å². The standard InChI is InChI=1S/C24H28FN9O3/c25-22(27)17(11-26)24-31-20(14-37-24)23(35)30-19-13-34(32-21(19)18-12-28-5-6-29-18)16-3-1-15(2-4-16)33-7-9-36-10-8-33/h5-6,11-16,27H,1-4,7-10,26H2,(H,30,35)/b17-11+,27-22?. The normalized spacial score (nSPS) is 21.1. The molecule has 1 saturated carbocycles. The number of hydrogen-bond acceptors (Lipinski definition) is 10. The minimum absolute atomic E-state index is 0.0977. The fourth-order valence-electron chi connectivity index (χ4n) is 4.84. The van der Waals surface area contributed by atoms with Crippen LogP contribution < -0.4 is 11.1 Å². The molecule has 0 aromatic carbocycles. The third kappa shape index (κ3) is 5.42. The van der Waals surface area contributed by atoms with Crippen molar-refractivity contribution in [1.29, 1.82) is 5.41 Å². The topological polar surface area (TPSA) is 161 Å². The molecule has 0 spiro atoms. The van der Waals surface area contributed by atoms with Crippen LogP contribution in [-0.4, -0.2) is 73.9 Å². The number of nitrogens with one attached hydrogen (secondary N) is 2. The van der Waals surface area contributed by atoms with Crippen molar-refractivity contribution < 1.29 is 18.3 Å². The number of nitrogens with two attached hydrogens (primary N) is 1. The van der Waals surface area contributed by atoms with E-state index < -0.39 is 11.9 Å². The third-order valence-corrected chi connectivity index (χ3v) is 6.76. The van der Waals surface area contributed by atoms with E-state index in [1.165, 1.54) is 0 Å². The molecule has 194 valence electrons. The zero-order valence-corrected chi connectivity index (χ0v) is 20.1. The van der Waals surface area contributed by atoms with Crippen LogP contribution >= 0.6 is 0 Å². The maximum Gasteiger partial charge on any atom is 0.277 e. The summed E-state index contributed by atoms with van der Waals surface area (Å²) in [5.74, 6) is -2.16. The molecule has 1 amide bonds. The molecular formula is C24H28FN9O3. The van der Waals surface area contributed by atoms with Gasteiger partial charge in [-0.2, -0.15) is 9.49 Å². The van der Waals surface area contributed by atoms with E-state index in [-0.39, 0.29) is 23.2 Å². The van der Waals surface area contributed by atoms with Crippen molar-refractivity contribution >= 4 is 23.1 Å². The van der Waals surface area contributed by atoms with Gasteiger partial charge in [0, 0.05) is 43.9 Å². The summed E-state index contributed by atoms with van der Waals surface area (Å²) in [6.07, 6.45) is 12.5. The lowest BCUT2D eigenvalue weighted by molar-refractivity contribution is 0.00507. The minimum Gasteiger partial charge on any atom is -0.443 e. The summed E-state index contributed by atoms with van der Waals surface area (Å²) >= 11 is 0. The first-order valence-corrected chi connectivity index (χ1v) is 12.1. The van der Waals surface area contributed by atoms with E-state index in [9.17, 15) is 9.18 Å². The van der Waals surface area contributed by atoms with Gasteiger partial charge >= 0.3 is 0 Å². The molecule has 4 N–H and O–H groups in total. The molecular weight excluding hydrogens is 481 g/mol. The Labute approximate surface area is 212 Å². The zero-order chi connectivity index (χ0) is 25.8. The molecule has 2 fully saturated rings. The minimum atomic E-state index is -1.31.